The number of nitrogens with one attached hydrogen (secondary N) is 1. The van der Waals surface area contributed by atoms with Crippen LogP contribution in [-0.2, 0) is 0 Å². The summed E-state index contributed by atoms with van der Waals surface area (Å²) in [5, 5.41) is 12.6. The fourth-order valence-electron chi connectivity index (χ4n) is 0.935. The molecular weight excluding hydrogens is 202 g/mol. The molecule has 0 saturated heterocycles. The molecule has 1 rings (SSSR count). The number of anilines is 1. The minimum atomic E-state index is 0.118. The maximum Gasteiger partial charge on any atom is 0.148 e. The highest BCUT2D eigenvalue weighted by molar-refractivity contribution is 6.32. The molecule has 0 aliphatic heterocycles. The maximum absolute atomic E-state index is 8.95. The number of hydrogen-bond donors (Lipinski definition) is 2. The number of nitrogens with zero attached hydrogens (tertiary/aromatic N) is 2. The van der Waals surface area contributed by atoms with E-state index in [-0.39, 0.29) is 18.6 Å². The SMILES string of the molecule is CC(CO)C(C)Nc1ncncc1Cl. The van der Waals surface area contributed by atoms with Gasteiger partial charge in [0.25, 0.3) is 0 Å². The number of aliphatic hydroxyl groups excluding tert-OH is 1. The lowest BCUT2D eigenvalue weighted by Crippen LogP contribution is -2.26. The van der Waals surface area contributed by atoms with Crippen molar-refractivity contribution in [2.45, 2.75) is 19.9 Å². The van der Waals surface area contributed by atoms with Gasteiger partial charge >= 0.3 is 0 Å². The number of halogens is 1. The Morgan fingerprint density at radius 1 is 1.57 bits per heavy atom. The molecule has 2 unspecified atom stereocenters. The van der Waals surface area contributed by atoms with Gasteiger partial charge in [0.1, 0.15) is 17.2 Å². The summed E-state index contributed by atoms with van der Waals surface area (Å²) >= 11 is 5.87. The van der Waals surface area contributed by atoms with Gasteiger partial charge in [-0.2, -0.15) is 0 Å². The lowest BCUT2D eigenvalue weighted by Gasteiger charge is -2.19. The molecule has 0 saturated carbocycles. The van der Waals surface area contributed by atoms with Gasteiger partial charge in [0, 0.05) is 12.6 Å². The molecule has 2 N–H and O–H groups in total. The first kappa shape index (κ1) is 11.2. The van der Waals surface area contributed by atoms with E-state index in [0.29, 0.717) is 10.8 Å². The Hall–Kier alpha value is -0.870. The Labute approximate surface area is 88.3 Å². The summed E-state index contributed by atoms with van der Waals surface area (Å²) in [6, 6.07) is 0.118. The summed E-state index contributed by atoms with van der Waals surface area (Å²) in [6.07, 6.45) is 2.97. The molecule has 0 spiro atoms. The average molecular weight is 216 g/mol. The number of aromatic nitrogens is 2. The van der Waals surface area contributed by atoms with Gasteiger partial charge in [-0.15, -0.1) is 0 Å². The van der Waals surface area contributed by atoms with Crippen LogP contribution in [0.25, 0.3) is 0 Å². The van der Waals surface area contributed by atoms with Gasteiger partial charge in [-0.3, -0.25) is 0 Å². The predicted molar refractivity (Wildman–Crippen MR) is 56.4 cm³/mol. The highest BCUT2D eigenvalue weighted by Gasteiger charge is 2.12. The lowest BCUT2D eigenvalue weighted by molar-refractivity contribution is 0.226. The molecule has 0 fully saturated rings. The molecule has 4 nitrogen and oxygen atoms in total. The second-order valence-corrected chi connectivity index (χ2v) is 3.72. The number of aliphatic hydroxyl groups is 1. The summed E-state index contributed by atoms with van der Waals surface area (Å²) in [7, 11) is 0. The van der Waals surface area contributed by atoms with E-state index in [4.69, 9.17) is 16.7 Å². The van der Waals surface area contributed by atoms with Crippen molar-refractivity contribution in [1.29, 1.82) is 0 Å². The van der Waals surface area contributed by atoms with E-state index in [1.165, 1.54) is 12.5 Å². The van der Waals surface area contributed by atoms with Crippen LogP contribution in [0.2, 0.25) is 5.02 Å². The van der Waals surface area contributed by atoms with Crippen molar-refractivity contribution in [1.82, 2.24) is 9.97 Å². The van der Waals surface area contributed by atoms with Crippen LogP contribution in [0.5, 0.6) is 0 Å². The zero-order chi connectivity index (χ0) is 10.6. The van der Waals surface area contributed by atoms with Gasteiger partial charge < -0.3 is 10.4 Å². The van der Waals surface area contributed by atoms with Gasteiger partial charge in [-0.05, 0) is 12.8 Å². The summed E-state index contributed by atoms with van der Waals surface area (Å²) in [5.41, 5.74) is 0. The molecular formula is C9H14ClN3O. The third-order valence-electron chi connectivity index (χ3n) is 2.17. The molecule has 2 atom stereocenters. The topological polar surface area (TPSA) is 58.0 Å². The molecule has 1 aromatic heterocycles. The van der Waals surface area contributed by atoms with Crippen LogP contribution in [-0.4, -0.2) is 27.7 Å². The standard InChI is InChI=1S/C9H14ClN3O/c1-6(4-14)7(2)13-9-8(10)3-11-5-12-9/h3,5-7,14H,4H2,1-2H3,(H,11,12,13). The first-order chi connectivity index (χ1) is 6.65. The molecule has 1 aromatic rings. The monoisotopic (exact) mass is 215 g/mol. The molecule has 1 heterocycles. The van der Waals surface area contributed by atoms with Crippen LogP contribution in [0.3, 0.4) is 0 Å². The third kappa shape index (κ3) is 2.82. The van der Waals surface area contributed by atoms with Crippen molar-refractivity contribution >= 4 is 17.4 Å². The molecule has 0 bridgehead atoms. The van der Waals surface area contributed by atoms with Crippen LogP contribution in [0.1, 0.15) is 13.8 Å². The second kappa shape index (κ2) is 5.12. The van der Waals surface area contributed by atoms with Gasteiger partial charge in [0.15, 0.2) is 0 Å². The molecule has 0 amide bonds. The molecule has 0 aliphatic rings. The van der Waals surface area contributed by atoms with Crippen LogP contribution in [0, 0.1) is 5.92 Å². The number of rotatable bonds is 4. The highest BCUT2D eigenvalue weighted by Crippen LogP contribution is 2.18. The van der Waals surface area contributed by atoms with E-state index in [1.807, 2.05) is 13.8 Å². The van der Waals surface area contributed by atoms with Crippen molar-refractivity contribution in [3.05, 3.63) is 17.5 Å². The van der Waals surface area contributed by atoms with Gasteiger partial charge in [0.05, 0.1) is 6.20 Å². The molecule has 5 heteroatoms. The Balaban J connectivity index is 2.64. The Bertz CT molecular complexity index is 295. The number of hydrogen-bond acceptors (Lipinski definition) is 4. The maximum atomic E-state index is 8.95. The Morgan fingerprint density at radius 3 is 2.86 bits per heavy atom. The summed E-state index contributed by atoms with van der Waals surface area (Å²) in [4.78, 5) is 7.78. The second-order valence-electron chi connectivity index (χ2n) is 3.31. The summed E-state index contributed by atoms with van der Waals surface area (Å²) in [6.45, 7) is 4.06. The predicted octanol–water partition coefficient (Wildman–Crippen LogP) is 1.56. The quantitative estimate of drug-likeness (QED) is 0.801. The van der Waals surface area contributed by atoms with Crippen LogP contribution >= 0.6 is 11.6 Å². The zero-order valence-corrected chi connectivity index (χ0v) is 8.99. The Morgan fingerprint density at radius 2 is 2.29 bits per heavy atom. The summed E-state index contributed by atoms with van der Waals surface area (Å²) in [5.74, 6) is 0.760. The van der Waals surface area contributed by atoms with E-state index in [2.05, 4.69) is 15.3 Å². The Kier molecular flexibility index (Phi) is 4.10. The van der Waals surface area contributed by atoms with Crippen molar-refractivity contribution in [2.24, 2.45) is 5.92 Å². The van der Waals surface area contributed by atoms with E-state index in [0.717, 1.165) is 0 Å². The minimum absolute atomic E-state index is 0.118. The zero-order valence-electron chi connectivity index (χ0n) is 8.24. The van der Waals surface area contributed by atoms with E-state index in [9.17, 15) is 0 Å². The summed E-state index contributed by atoms with van der Waals surface area (Å²) < 4.78 is 0. The highest BCUT2D eigenvalue weighted by atomic mass is 35.5. The molecule has 0 aromatic carbocycles. The third-order valence-corrected chi connectivity index (χ3v) is 2.45. The molecule has 78 valence electrons. The fourth-order valence-corrected chi connectivity index (χ4v) is 1.09. The molecule has 0 radical (unpaired) electrons. The van der Waals surface area contributed by atoms with E-state index in [1.54, 1.807) is 0 Å². The van der Waals surface area contributed by atoms with Crippen molar-refractivity contribution < 1.29 is 5.11 Å². The van der Waals surface area contributed by atoms with Crippen LogP contribution in [0.4, 0.5) is 5.82 Å². The van der Waals surface area contributed by atoms with Crippen molar-refractivity contribution in [3.63, 3.8) is 0 Å². The van der Waals surface area contributed by atoms with Crippen LogP contribution in [0.15, 0.2) is 12.5 Å². The first-order valence-corrected chi connectivity index (χ1v) is 4.86. The van der Waals surface area contributed by atoms with E-state index >= 15 is 0 Å². The van der Waals surface area contributed by atoms with Crippen molar-refractivity contribution in [3.8, 4) is 0 Å². The van der Waals surface area contributed by atoms with Crippen molar-refractivity contribution in [2.75, 3.05) is 11.9 Å². The molecule has 0 aliphatic carbocycles. The fraction of sp³-hybridized carbons (Fsp3) is 0.556. The normalized spacial score (nSPS) is 14.9. The molecule has 14 heavy (non-hydrogen) atoms. The first-order valence-electron chi connectivity index (χ1n) is 4.48. The average Bonchev–Trinajstić information content (AvgIpc) is 2.20. The van der Waals surface area contributed by atoms with Gasteiger partial charge in [-0.25, -0.2) is 9.97 Å². The van der Waals surface area contributed by atoms with Crippen LogP contribution < -0.4 is 5.32 Å². The van der Waals surface area contributed by atoms with Gasteiger partial charge in [0.2, 0.25) is 0 Å². The largest absolute Gasteiger partial charge is 0.396 e. The van der Waals surface area contributed by atoms with Gasteiger partial charge in [-0.1, -0.05) is 18.5 Å². The minimum Gasteiger partial charge on any atom is -0.396 e. The van der Waals surface area contributed by atoms with E-state index < -0.39 is 0 Å². The lowest BCUT2D eigenvalue weighted by atomic mass is 10.1. The smallest absolute Gasteiger partial charge is 0.148 e.